The average molecular weight is 425 g/mol. The number of nitriles is 1. The SMILES string of the molecule is N#Cc1ccc2c(c1)CC(NC1CCCC(S(N)(=O)=O)C1)CN2Cc1ccccc1. The van der Waals surface area contributed by atoms with Crippen LogP contribution in [0.15, 0.2) is 48.5 Å². The van der Waals surface area contributed by atoms with Gasteiger partial charge in [0.1, 0.15) is 0 Å². The predicted molar refractivity (Wildman–Crippen MR) is 118 cm³/mol. The van der Waals surface area contributed by atoms with Crippen LogP contribution in [-0.2, 0) is 23.0 Å². The maximum Gasteiger partial charge on any atom is 0.212 e. The van der Waals surface area contributed by atoms with E-state index in [4.69, 9.17) is 5.14 Å². The van der Waals surface area contributed by atoms with E-state index in [0.717, 1.165) is 37.9 Å². The van der Waals surface area contributed by atoms with E-state index < -0.39 is 15.3 Å². The molecule has 0 spiro atoms. The van der Waals surface area contributed by atoms with Crippen LogP contribution in [0.25, 0.3) is 0 Å². The van der Waals surface area contributed by atoms with Crippen molar-refractivity contribution < 1.29 is 8.42 Å². The van der Waals surface area contributed by atoms with Crippen LogP contribution in [0.3, 0.4) is 0 Å². The zero-order valence-corrected chi connectivity index (χ0v) is 17.8. The summed E-state index contributed by atoms with van der Waals surface area (Å²) in [5.41, 5.74) is 4.23. The molecular formula is C23H28N4O2S. The van der Waals surface area contributed by atoms with Crippen molar-refractivity contribution in [3.8, 4) is 6.07 Å². The molecule has 0 saturated heterocycles. The van der Waals surface area contributed by atoms with Crippen molar-refractivity contribution >= 4 is 15.7 Å². The van der Waals surface area contributed by atoms with Crippen molar-refractivity contribution in [2.24, 2.45) is 5.14 Å². The van der Waals surface area contributed by atoms with E-state index in [0.29, 0.717) is 18.4 Å². The number of hydrogen-bond donors (Lipinski definition) is 2. The summed E-state index contributed by atoms with van der Waals surface area (Å²) in [5, 5.41) is 18.0. The number of nitrogens with two attached hydrogens (primary N) is 1. The lowest BCUT2D eigenvalue weighted by atomic mass is 9.91. The second kappa shape index (κ2) is 8.76. The van der Waals surface area contributed by atoms with E-state index in [1.807, 2.05) is 36.4 Å². The van der Waals surface area contributed by atoms with Gasteiger partial charge in [0.05, 0.1) is 16.9 Å². The standard InChI is InChI=1S/C23H28N4O2S/c24-14-18-9-10-23-19(11-18)12-21(16-27(23)15-17-5-2-1-3-6-17)26-20-7-4-8-22(13-20)30(25,28)29/h1-3,5-6,9-11,20-22,26H,4,7-8,12-13,15-16H2,(H2,25,28,29). The lowest BCUT2D eigenvalue weighted by Gasteiger charge is -2.39. The molecule has 30 heavy (non-hydrogen) atoms. The Hall–Kier alpha value is -2.40. The fraction of sp³-hybridized carbons (Fsp3) is 0.435. The molecule has 1 aliphatic heterocycles. The summed E-state index contributed by atoms with van der Waals surface area (Å²) in [7, 11) is -3.50. The molecule has 1 heterocycles. The molecule has 158 valence electrons. The number of anilines is 1. The van der Waals surface area contributed by atoms with E-state index in [9.17, 15) is 13.7 Å². The molecule has 0 radical (unpaired) electrons. The third kappa shape index (κ3) is 4.84. The number of nitrogens with one attached hydrogen (secondary N) is 1. The Balaban J connectivity index is 1.54. The molecular weight excluding hydrogens is 396 g/mol. The Morgan fingerprint density at radius 3 is 2.67 bits per heavy atom. The predicted octanol–water partition coefficient (Wildman–Crippen LogP) is 2.68. The van der Waals surface area contributed by atoms with Gasteiger partial charge in [-0.3, -0.25) is 0 Å². The summed E-state index contributed by atoms with van der Waals surface area (Å²) in [6.07, 6.45) is 3.88. The molecule has 0 aromatic heterocycles. The van der Waals surface area contributed by atoms with Crippen molar-refractivity contribution in [2.45, 2.75) is 56.0 Å². The van der Waals surface area contributed by atoms with Gasteiger partial charge in [-0.25, -0.2) is 13.6 Å². The summed E-state index contributed by atoms with van der Waals surface area (Å²) in [6, 6.07) is 18.8. The fourth-order valence-electron chi connectivity index (χ4n) is 4.81. The Bertz CT molecular complexity index is 1030. The summed E-state index contributed by atoms with van der Waals surface area (Å²) in [4.78, 5) is 2.35. The van der Waals surface area contributed by atoms with Crippen molar-refractivity contribution in [1.29, 1.82) is 5.26 Å². The van der Waals surface area contributed by atoms with Crippen LogP contribution in [0, 0.1) is 11.3 Å². The molecule has 6 nitrogen and oxygen atoms in total. The first-order valence-corrected chi connectivity index (χ1v) is 12.1. The number of hydrogen-bond acceptors (Lipinski definition) is 5. The normalized spacial score (nSPS) is 24.1. The Labute approximate surface area is 178 Å². The van der Waals surface area contributed by atoms with Crippen molar-refractivity contribution in [1.82, 2.24) is 5.32 Å². The monoisotopic (exact) mass is 424 g/mol. The van der Waals surface area contributed by atoms with Crippen LogP contribution in [0.2, 0.25) is 0 Å². The minimum atomic E-state index is -3.50. The van der Waals surface area contributed by atoms with E-state index in [-0.39, 0.29) is 12.1 Å². The number of nitrogens with zero attached hydrogens (tertiary/aromatic N) is 2. The molecule has 1 fully saturated rings. The average Bonchev–Trinajstić information content (AvgIpc) is 2.73. The quantitative estimate of drug-likeness (QED) is 0.769. The van der Waals surface area contributed by atoms with Gasteiger partial charge in [-0.15, -0.1) is 0 Å². The molecule has 3 N–H and O–H groups in total. The van der Waals surface area contributed by atoms with Gasteiger partial charge in [-0.1, -0.05) is 36.8 Å². The highest BCUT2D eigenvalue weighted by Crippen LogP contribution is 2.31. The van der Waals surface area contributed by atoms with Crippen LogP contribution >= 0.6 is 0 Å². The van der Waals surface area contributed by atoms with Crippen LogP contribution in [-0.4, -0.2) is 32.3 Å². The van der Waals surface area contributed by atoms with E-state index in [1.54, 1.807) is 0 Å². The maximum atomic E-state index is 11.8. The maximum absolute atomic E-state index is 11.8. The van der Waals surface area contributed by atoms with Gasteiger partial charge in [0.2, 0.25) is 10.0 Å². The molecule has 3 atom stereocenters. The summed E-state index contributed by atoms with van der Waals surface area (Å²) in [6.45, 7) is 1.63. The second-order valence-electron chi connectivity index (χ2n) is 8.46. The Morgan fingerprint density at radius 1 is 1.13 bits per heavy atom. The molecule has 2 aliphatic rings. The van der Waals surface area contributed by atoms with E-state index >= 15 is 0 Å². The lowest BCUT2D eigenvalue weighted by molar-refractivity contribution is 0.329. The van der Waals surface area contributed by atoms with Gasteiger partial charge in [0, 0.05) is 30.9 Å². The lowest BCUT2D eigenvalue weighted by Crippen LogP contribution is -2.51. The van der Waals surface area contributed by atoms with Crippen LogP contribution in [0.1, 0.15) is 42.4 Å². The van der Waals surface area contributed by atoms with E-state index in [2.05, 4.69) is 28.4 Å². The largest absolute Gasteiger partial charge is 0.365 e. The molecule has 2 aromatic carbocycles. The molecule has 7 heteroatoms. The smallest absolute Gasteiger partial charge is 0.212 e. The summed E-state index contributed by atoms with van der Waals surface area (Å²) < 4.78 is 23.6. The molecule has 1 aliphatic carbocycles. The highest BCUT2D eigenvalue weighted by molar-refractivity contribution is 7.89. The second-order valence-corrected chi connectivity index (χ2v) is 10.3. The molecule has 4 rings (SSSR count). The molecule has 2 aromatic rings. The third-order valence-electron chi connectivity index (χ3n) is 6.23. The molecule has 3 unspecified atom stereocenters. The zero-order valence-electron chi connectivity index (χ0n) is 17.0. The summed E-state index contributed by atoms with van der Waals surface area (Å²) in [5.74, 6) is 0. The first kappa shape index (κ1) is 20.9. The van der Waals surface area contributed by atoms with Gasteiger partial charge in [-0.2, -0.15) is 5.26 Å². The highest BCUT2D eigenvalue weighted by Gasteiger charge is 2.32. The highest BCUT2D eigenvalue weighted by atomic mass is 32.2. The molecule has 0 bridgehead atoms. The zero-order chi connectivity index (χ0) is 21.1. The number of primary sulfonamides is 1. The van der Waals surface area contributed by atoms with Gasteiger partial charge in [0.15, 0.2) is 0 Å². The molecule has 1 saturated carbocycles. The first-order valence-electron chi connectivity index (χ1n) is 10.5. The number of benzene rings is 2. The minimum Gasteiger partial charge on any atom is -0.365 e. The summed E-state index contributed by atoms with van der Waals surface area (Å²) >= 11 is 0. The molecule has 0 amide bonds. The Morgan fingerprint density at radius 2 is 1.93 bits per heavy atom. The van der Waals surface area contributed by atoms with Crippen molar-refractivity contribution in [3.05, 3.63) is 65.2 Å². The fourth-order valence-corrected chi connectivity index (χ4v) is 5.81. The van der Waals surface area contributed by atoms with Gasteiger partial charge in [-0.05, 0) is 55.0 Å². The van der Waals surface area contributed by atoms with Crippen LogP contribution < -0.4 is 15.4 Å². The third-order valence-corrected chi connectivity index (χ3v) is 7.59. The van der Waals surface area contributed by atoms with Gasteiger partial charge < -0.3 is 10.2 Å². The Kier molecular flexibility index (Phi) is 6.09. The number of fused-ring (bicyclic) bond motifs is 1. The van der Waals surface area contributed by atoms with E-state index in [1.165, 1.54) is 11.3 Å². The number of rotatable bonds is 5. The topological polar surface area (TPSA) is 99.2 Å². The first-order chi connectivity index (χ1) is 14.4. The van der Waals surface area contributed by atoms with Gasteiger partial charge in [0.25, 0.3) is 0 Å². The van der Waals surface area contributed by atoms with Crippen LogP contribution in [0.4, 0.5) is 5.69 Å². The van der Waals surface area contributed by atoms with Crippen molar-refractivity contribution in [2.75, 3.05) is 11.4 Å². The van der Waals surface area contributed by atoms with Crippen LogP contribution in [0.5, 0.6) is 0 Å². The minimum absolute atomic E-state index is 0.145. The van der Waals surface area contributed by atoms with Gasteiger partial charge >= 0.3 is 0 Å². The van der Waals surface area contributed by atoms with Crippen molar-refractivity contribution in [3.63, 3.8) is 0 Å². The number of sulfonamides is 1.